The van der Waals surface area contributed by atoms with Gasteiger partial charge in [0.15, 0.2) is 0 Å². The highest BCUT2D eigenvalue weighted by molar-refractivity contribution is 6.58. The third-order valence-corrected chi connectivity index (χ3v) is 1.79. The highest BCUT2D eigenvalue weighted by Gasteiger charge is 2.19. The van der Waals surface area contributed by atoms with Gasteiger partial charge in [0.25, 0.3) is 0 Å². The van der Waals surface area contributed by atoms with Gasteiger partial charge in [0.2, 0.25) is 0 Å². The molecule has 0 aromatic heterocycles. The van der Waals surface area contributed by atoms with Crippen molar-refractivity contribution in [1.29, 1.82) is 0 Å². The van der Waals surface area contributed by atoms with Gasteiger partial charge in [-0.2, -0.15) is 0 Å². The number of rotatable bonds is 7. The summed E-state index contributed by atoms with van der Waals surface area (Å²) in [7, 11) is 0. The van der Waals surface area contributed by atoms with Crippen molar-refractivity contribution in [2.75, 3.05) is 0 Å². The van der Waals surface area contributed by atoms with Crippen molar-refractivity contribution in [3.05, 3.63) is 12.2 Å². The average Bonchev–Trinajstić information content (AvgIpc) is 2.01. The minimum atomic E-state index is -4.62. The van der Waals surface area contributed by atoms with Gasteiger partial charge in [0.1, 0.15) is 0 Å². The van der Waals surface area contributed by atoms with Crippen molar-refractivity contribution < 1.29 is 12.9 Å². The maximum Gasteiger partial charge on any atom is 0.482 e. The van der Waals surface area contributed by atoms with Crippen molar-refractivity contribution >= 4 is 6.98 Å². The van der Waals surface area contributed by atoms with E-state index in [4.69, 9.17) is 0 Å². The van der Waals surface area contributed by atoms with Gasteiger partial charge in [-0.15, -0.1) is 6.08 Å². The second-order valence-corrected chi connectivity index (χ2v) is 3.27. The summed E-state index contributed by atoms with van der Waals surface area (Å²) in [6.45, 7) is -2.50. The van der Waals surface area contributed by atoms with Crippen molar-refractivity contribution in [2.24, 2.45) is 0 Å². The van der Waals surface area contributed by atoms with Crippen LogP contribution in [0.4, 0.5) is 12.9 Å². The Morgan fingerprint density at radius 3 is 2.23 bits per heavy atom. The van der Waals surface area contributed by atoms with Crippen molar-refractivity contribution in [2.45, 2.75) is 45.3 Å². The number of unbranched alkanes of at least 4 members (excludes halogenated alkanes) is 4. The number of allylic oxidation sites excluding steroid dienone is 2. The molecule has 78 valence electrons. The molecule has 0 unspecified atom stereocenters. The van der Waals surface area contributed by atoms with E-state index in [1.165, 1.54) is 12.5 Å². The lowest BCUT2D eigenvalue weighted by atomic mass is 9.86. The first-order valence-electron chi connectivity index (χ1n) is 4.92. The Morgan fingerprint density at radius 2 is 1.69 bits per heavy atom. The van der Waals surface area contributed by atoms with Crippen LogP contribution in [0.1, 0.15) is 39.0 Å². The van der Waals surface area contributed by atoms with E-state index in [1.807, 2.05) is 0 Å². The molecule has 0 aliphatic heterocycles. The third-order valence-electron chi connectivity index (χ3n) is 1.79. The van der Waals surface area contributed by atoms with E-state index in [2.05, 4.69) is 6.92 Å². The molecule has 0 radical (unpaired) electrons. The molecule has 4 heteroatoms. The third kappa shape index (κ3) is 11.6. The molecule has 0 spiro atoms. The molecule has 0 saturated carbocycles. The number of hydrogen-bond acceptors (Lipinski definition) is 0. The lowest BCUT2D eigenvalue weighted by molar-refractivity contribution is 0.477. The average molecular weight is 193 g/mol. The molecular weight excluding hydrogens is 176 g/mol. The van der Waals surface area contributed by atoms with Crippen LogP contribution in [0.3, 0.4) is 0 Å². The maximum atomic E-state index is 11.7. The second kappa shape index (κ2) is 7.04. The van der Waals surface area contributed by atoms with Gasteiger partial charge < -0.3 is 12.9 Å². The first-order chi connectivity index (χ1) is 6.06. The Hall–Kier alpha value is -0.405. The molecule has 0 fully saturated rings. The predicted molar refractivity (Wildman–Crippen MR) is 51.8 cm³/mol. The fourth-order valence-electron chi connectivity index (χ4n) is 1.06. The quantitative estimate of drug-likeness (QED) is 0.320. The van der Waals surface area contributed by atoms with Crippen LogP contribution in [0.15, 0.2) is 12.2 Å². The molecule has 0 aliphatic carbocycles. The Balaban J connectivity index is 3.22. The summed E-state index contributed by atoms with van der Waals surface area (Å²) in [5, 5.41) is 0. The summed E-state index contributed by atoms with van der Waals surface area (Å²) < 4.78 is 35.1. The molecule has 0 aromatic rings. The molecule has 0 nitrogen and oxygen atoms in total. The Kier molecular flexibility index (Phi) is 6.82. The summed E-state index contributed by atoms with van der Waals surface area (Å²) >= 11 is 0. The normalized spacial score (nSPS) is 12.6. The maximum absolute atomic E-state index is 11.7. The zero-order valence-corrected chi connectivity index (χ0v) is 8.11. The summed E-state index contributed by atoms with van der Waals surface area (Å²) in [6, 6.07) is 0. The zero-order chi connectivity index (χ0) is 10.2. The fraction of sp³-hybridized carbons (Fsp3) is 0.778. The highest BCUT2D eigenvalue weighted by Crippen LogP contribution is 2.15. The molecule has 0 aromatic carbocycles. The summed E-state index contributed by atoms with van der Waals surface area (Å²) in [6.07, 6.45) is 7.41. The summed E-state index contributed by atoms with van der Waals surface area (Å²) in [4.78, 5) is 0. The van der Waals surface area contributed by atoms with Crippen LogP contribution < -0.4 is 0 Å². The first-order valence-corrected chi connectivity index (χ1v) is 4.92. The summed E-state index contributed by atoms with van der Waals surface area (Å²) in [5.74, 6) is 0. The lowest BCUT2D eigenvalue weighted by Gasteiger charge is -2.08. The van der Waals surface area contributed by atoms with Gasteiger partial charge in [-0.3, -0.25) is 0 Å². The van der Waals surface area contributed by atoms with Crippen molar-refractivity contribution in [1.82, 2.24) is 0 Å². The molecule has 0 aliphatic rings. The minimum absolute atomic E-state index is 0.728. The van der Waals surface area contributed by atoms with E-state index >= 15 is 0 Å². The molecule has 0 bridgehead atoms. The largest absolute Gasteiger partial charge is 0.482 e. The van der Waals surface area contributed by atoms with Gasteiger partial charge in [0.05, 0.1) is 0 Å². The smallest absolute Gasteiger partial charge is 0.449 e. The van der Waals surface area contributed by atoms with Gasteiger partial charge in [-0.05, 0) is 12.8 Å². The lowest BCUT2D eigenvalue weighted by Crippen LogP contribution is -2.11. The molecule has 0 N–H and O–H groups in total. The van der Waals surface area contributed by atoms with Gasteiger partial charge >= 0.3 is 6.98 Å². The van der Waals surface area contributed by atoms with E-state index in [0.29, 0.717) is 0 Å². The molecule has 0 atom stereocenters. The standard InChI is InChI=1S/C9H17BF3/c1-2-3-4-5-6-7-8-9-10(11,12)13/h7-8H,2-6,9H2,1H3/q-1/b8-7+. The molecule has 0 rings (SSSR count). The van der Waals surface area contributed by atoms with Crippen LogP contribution in [-0.4, -0.2) is 6.98 Å². The van der Waals surface area contributed by atoms with Gasteiger partial charge in [-0.1, -0.05) is 38.6 Å². The number of hydrogen-bond donors (Lipinski definition) is 0. The Labute approximate surface area is 78.3 Å². The van der Waals surface area contributed by atoms with Gasteiger partial charge in [-0.25, -0.2) is 0 Å². The topological polar surface area (TPSA) is 0 Å². The minimum Gasteiger partial charge on any atom is -0.449 e. The van der Waals surface area contributed by atoms with Crippen LogP contribution in [0, 0.1) is 0 Å². The monoisotopic (exact) mass is 193 g/mol. The second-order valence-electron chi connectivity index (χ2n) is 3.27. The SMILES string of the molecule is CCCCCC/C=C/C[B-](F)(F)F. The van der Waals surface area contributed by atoms with E-state index in [0.717, 1.165) is 25.7 Å². The molecule has 0 amide bonds. The van der Waals surface area contributed by atoms with E-state index in [1.54, 1.807) is 6.08 Å². The van der Waals surface area contributed by atoms with Crippen molar-refractivity contribution in [3.8, 4) is 0 Å². The van der Waals surface area contributed by atoms with E-state index in [-0.39, 0.29) is 0 Å². The van der Waals surface area contributed by atoms with Crippen LogP contribution in [0.5, 0.6) is 0 Å². The van der Waals surface area contributed by atoms with E-state index < -0.39 is 13.3 Å². The summed E-state index contributed by atoms with van der Waals surface area (Å²) in [5.41, 5.74) is 0. The molecule has 0 heterocycles. The highest BCUT2D eigenvalue weighted by atomic mass is 19.4. The van der Waals surface area contributed by atoms with Crippen LogP contribution in [0.25, 0.3) is 0 Å². The first kappa shape index (κ1) is 12.6. The Morgan fingerprint density at radius 1 is 1.00 bits per heavy atom. The number of halogens is 3. The zero-order valence-electron chi connectivity index (χ0n) is 8.11. The molecule has 13 heavy (non-hydrogen) atoms. The predicted octanol–water partition coefficient (Wildman–Crippen LogP) is 4.36. The molecule has 0 saturated heterocycles. The van der Waals surface area contributed by atoms with Crippen LogP contribution >= 0.6 is 0 Å². The fourth-order valence-corrected chi connectivity index (χ4v) is 1.06. The van der Waals surface area contributed by atoms with Crippen molar-refractivity contribution in [3.63, 3.8) is 0 Å². The van der Waals surface area contributed by atoms with Gasteiger partial charge in [0, 0.05) is 0 Å². The Bertz CT molecular complexity index is 140. The van der Waals surface area contributed by atoms with E-state index in [9.17, 15) is 12.9 Å². The van der Waals surface area contributed by atoms with Crippen LogP contribution in [0.2, 0.25) is 6.32 Å². The molecular formula is C9H17BF3-. The van der Waals surface area contributed by atoms with Crippen LogP contribution in [-0.2, 0) is 0 Å².